The second-order valence-corrected chi connectivity index (χ2v) is 6.58. The molecule has 1 aliphatic rings. The maximum absolute atomic E-state index is 12.1. The van der Waals surface area contributed by atoms with E-state index in [9.17, 15) is 14.9 Å². The first-order valence-corrected chi connectivity index (χ1v) is 9.26. The number of nitro groups is 1. The number of nitrogens with zero attached hydrogens (tertiary/aromatic N) is 2. The lowest BCUT2D eigenvalue weighted by atomic mass is 10.1. The van der Waals surface area contributed by atoms with Gasteiger partial charge in [0.2, 0.25) is 5.91 Å². The molecular formula is C19H28N2O4. The fraction of sp³-hybridized carbons (Fsp3) is 0.632. The standard InChI is InChI=1S/C19H28N2O4/c1-2-3-4-5-6-7-14-25-19-13-12-18(22)20(19)15-16-8-10-17(11-9-16)21(23)24/h8-11,19H,2-7,12-15H2,1H3. The van der Waals surface area contributed by atoms with E-state index in [1.807, 2.05) is 0 Å². The van der Waals surface area contributed by atoms with E-state index in [4.69, 9.17) is 4.74 Å². The van der Waals surface area contributed by atoms with Crippen LogP contribution in [-0.4, -0.2) is 28.6 Å². The molecule has 6 nitrogen and oxygen atoms in total. The number of hydrogen-bond donors (Lipinski definition) is 0. The minimum Gasteiger partial charge on any atom is -0.358 e. The van der Waals surface area contributed by atoms with Gasteiger partial charge in [-0.25, -0.2) is 0 Å². The molecule has 0 spiro atoms. The molecule has 1 atom stereocenters. The molecule has 1 aromatic rings. The molecule has 0 radical (unpaired) electrons. The van der Waals surface area contributed by atoms with Crippen LogP contribution in [0.15, 0.2) is 24.3 Å². The van der Waals surface area contributed by atoms with E-state index in [0.29, 0.717) is 19.6 Å². The minimum atomic E-state index is -0.419. The molecule has 25 heavy (non-hydrogen) atoms. The third kappa shape index (κ3) is 6.12. The predicted octanol–water partition coefficient (Wildman–Crippen LogP) is 4.42. The highest BCUT2D eigenvalue weighted by Gasteiger charge is 2.31. The average Bonchev–Trinajstić information content (AvgIpc) is 2.95. The van der Waals surface area contributed by atoms with Gasteiger partial charge in [-0.05, 0) is 12.0 Å². The SMILES string of the molecule is CCCCCCCCOC1CCC(=O)N1Cc1ccc([N+](=O)[O-])cc1. The number of hydrogen-bond acceptors (Lipinski definition) is 4. The van der Waals surface area contributed by atoms with Crippen molar-refractivity contribution in [3.63, 3.8) is 0 Å². The van der Waals surface area contributed by atoms with Crippen LogP contribution in [0.4, 0.5) is 5.69 Å². The van der Waals surface area contributed by atoms with E-state index in [2.05, 4.69) is 6.92 Å². The van der Waals surface area contributed by atoms with Crippen molar-refractivity contribution >= 4 is 11.6 Å². The summed E-state index contributed by atoms with van der Waals surface area (Å²) in [7, 11) is 0. The second-order valence-electron chi connectivity index (χ2n) is 6.58. The van der Waals surface area contributed by atoms with Gasteiger partial charge in [-0.3, -0.25) is 14.9 Å². The number of carbonyl (C=O) groups excluding carboxylic acids is 1. The first-order chi connectivity index (χ1) is 12.1. The molecule has 6 heteroatoms. The summed E-state index contributed by atoms with van der Waals surface area (Å²) >= 11 is 0. The molecule has 1 aromatic carbocycles. The zero-order valence-electron chi connectivity index (χ0n) is 15.0. The van der Waals surface area contributed by atoms with Crippen LogP contribution in [-0.2, 0) is 16.1 Å². The number of unbranched alkanes of at least 4 members (excludes halogenated alkanes) is 5. The lowest BCUT2D eigenvalue weighted by Gasteiger charge is -2.25. The maximum atomic E-state index is 12.1. The van der Waals surface area contributed by atoms with Gasteiger partial charge in [0.25, 0.3) is 5.69 Å². The first-order valence-electron chi connectivity index (χ1n) is 9.26. The smallest absolute Gasteiger partial charge is 0.269 e. The van der Waals surface area contributed by atoms with Crippen molar-refractivity contribution in [2.24, 2.45) is 0 Å². The Morgan fingerprint density at radius 2 is 1.84 bits per heavy atom. The number of likely N-dealkylation sites (tertiary alicyclic amines) is 1. The lowest BCUT2D eigenvalue weighted by Crippen LogP contribution is -2.34. The first kappa shape index (κ1) is 19.4. The second kappa shape index (κ2) is 10.1. The van der Waals surface area contributed by atoms with Crippen LogP contribution in [0.1, 0.15) is 63.9 Å². The number of non-ortho nitro benzene ring substituents is 1. The van der Waals surface area contributed by atoms with E-state index >= 15 is 0 Å². The van der Waals surface area contributed by atoms with Crippen LogP contribution in [0.3, 0.4) is 0 Å². The van der Waals surface area contributed by atoms with Crippen molar-refractivity contribution in [3.05, 3.63) is 39.9 Å². The van der Waals surface area contributed by atoms with E-state index in [1.165, 1.54) is 44.2 Å². The maximum Gasteiger partial charge on any atom is 0.269 e. The molecule has 0 saturated carbocycles. The van der Waals surface area contributed by atoms with E-state index in [-0.39, 0.29) is 17.8 Å². The molecule has 1 aliphatic heterocycles. The molecule has 1 heterocycles. The number of carbonyl (C=O) groups is 1. The molecule has 0 aliphatic carbocycles. The minimum absolute atomic E-state index is 0.0624. The monoisotopic (exact) mass is 348 g/mol. The normalized spacial score (nSPS) is 17.2. The van der Waals surface area contributed by atoms with Crippen molar-refractivity contribution in [2.75, 3.05) is 6.61 Å². The molecule has 0 aromatic heterocycles. The Hall–Kier alpha value is -1.95. The van der Waals surface area contributed by atoms with E-state index in [1.54, 1.807) is 17.0 Å². The Balaban J connectivity index is 1.77. The predicted molar refractivity (Wildman–Crippen MR) is 96.0 cm³/mol. The summed E-state index contributed by atoms with van der Waals surface area (Å²) in [4.78, 5) is 24.1. The number of amides is 1. The highest BCUT2D eigenvalue weighted by Crippen LogP contribution is 2.23. The van der Waals surface area contributed by atoms with Crippen molar-refractivity contribution in [1.29, 1.82) is 0 Å². The fourth-order valence-corrected chi connectivity index (χ4v) is 3.09. The summed E-state index contributed by atoms with van der Waals surface area (Å²) in [5, 5.41) is 10.7. The molecule has 1 unspecified atom stereocenters. The zero-order chi connectivity index (χ0) is 18.1. The molecule has 138 valence electrons. The number of ether oxygens (including phenoxy) is 1. The third-order valence-electron chi connectivity index (χ3n) is 4.58. The van der Waals surface area contributed by atoms with Gasteiger partial charge >= 0.3 is 0 Å². The van der Waals surface area contributed by atoms with Gasteiger partial charge in [0, 0.05) is 38.1 Å². The van der Waals surface area contributed by atoms with Crippen LogP contribution in [0, 0.1) is 10.1 Å². The quantitative estimate of drug-likeness (QED) is 0.337. The van der Waals surface area contributed by atoms with Crippen LogP contribution >= 0.6 is 0 Å². The summed E-state index contributed by atoms with van der Waals surface area (Å²) in [5.41, 5.74) is 0.946. The van der Waals surface area contributed by atoms with Crippen molar-refractivity contribution < 1.29 is 14.5 Å². The molecule has 1 fully saturated rings. The number of nitro benzene ring substituents is 1. The topological polar surface area (TPSA) is 72.7 Å². The lowest BCUT2D eigenvalue weighted by molar-refractivity contribution is -0.384. The van der Waals surface area contributed by atoms with Crippen LogP contribution in [0.5, 0.6) is 0 Å². The van der Waals surface area contributed by atoms with E-state index in [0.717, 1.165) is 18.4 Å². The van der Waals surface area contributed by atoms with Gasteiger partial charge in [0.1, 0.15) is 6.23 Å². The van der Waals surface area contributed by atoms with Gasteiger partial charge in [0.05, 0.1) is 4.92 Å². The van der Waals surface area contributed by atoms with E-state index < -0.39 is 4.92 Å². The Morgan fingerprint density at radius 1 is 1.16 bits per heavy atom. The highest BCUT2D eigenvalue weighted by molar-refractivity contribution is 5.78. The Labute approximate surface area is 149 Å². The summed E-state index contributed by atoms with van der Waals surface area (Å²) in [5.74, 6) is 0.0892. The van der Waals surface area contributed by atoms with Gasteiger partial charge in [0.15, 0.2) is 0 Å². The summed E-state index contributed by atoms with van der Waals surface area (Å²) in [6.45, 7) is 3.33. The van der Waals surface area contributed by atoms with Crippen LogP contribution < -0.4 is 0 Å². The Kier molecular flexibility index (Phi) is 7.85. The van der Waals surface area contributed by atoms with Crippen molar-refractivity contribution in [3.8, 4) is 0 Å². The largest absolute Gasteiger partial charge is 0.358 e. The zero-order valence-corrected chi connectivity index (χ0v) is 15.0. The summed E-state index contributed by atoms with van der Waals surface area (Å²) < 4.78 is 5.92. The third-order valence-corrected chi connectivity index (χ3v) is 4.58. The average molecular weight is 348 g/mol. The van der Waals surface area contributed by atoms with Gasteiger partial charge < -0.3 is 9.64 Å². The van der Waals surface area contributed by atoms with Gasteiger partial charge in [-0.15, -0.1) is 0 Å². The summed E-state index contributed by atoms with van der Waals surface area (Å²) in [6.07, 6.45) is 8.33. The molecule has 0 N–H and O–H groups in total. The molecule has 2 rings (SSSR count). The molecule has 1 amide bonds. The van der Waals surface area contributed by atoms with Crippen LogP contribution in [0.25, 0.3) is 0 Å². The number of benzene rings is 1. The molecular weight excluding hydrogens is 320 g/mol. The van der Waals surface area contributed by atoms with Crippen LogP contribution in [0.2, 0.25) is 0 Å². The Morgan fingerprint density at radius 3 is 2.52 bits per heavy atom. The Bertz CT molecular complexity index is 559. The number of rotatable bonds is 11. The van der Waals surface area contributed by atoms with Gasteiger partial charge in [-0.2, -0.15) is 0 Å². The highest BCUT2D eigenvalue weighted by atomic mass is 16.6. The van der Waals surface area contributed by atoms with Crippen molar-refractivity contribution in [2.45, 2.75) is 71.1 Å². The van der Waals surface area contributed by atoms with Gasteiger partial charge in [-0.1, -0.05) is 51.2 Å². The molecule has 1 saturated heterocycles. The van der Waals surface area contributed by atoms with Crippen molar-refractivity contribution in [1.82, 2.24) is 4.90 Å². The molecule has 0 bridgehead atoms. The summed E-state index contributed by atoms with van der Waals surface area (Å²) in [6, 6.07) is 6.35. The fourth-order valence-electron chi connectivity index (χ4n) is 3.09.